The Labute approximate surface area is 155 Å². The normalized spacial score (nSPS) is 17.3. The van der Waals surface area contributed by atoms with Crippen LogP contribution in [0.15, 0.2) is 12.1 Å². The van der Waals surface area contributed by atoms with Gasteiger partial charge in [-0.15, -0.1) is 0 Å². The number of carbonyl (C=O) groups excluding carboxylic acids is 1. The molecule has 5 rings (SSSR count). The zero-order valence-electron chi connectivity index (χ0n) is 14.7. The summed E-state index contributed by atoms with van der Waals surface area (Å²) in [6.45, 7) is 3.45. The fraction of sp³-hybridized carbons (Fsp3) is 0.421. The van der Waals surface area contributed by atoms with E-state index in [-0.39, 0.29) is 5.91 Å². The summed E-state index contributed by atoms with van der Waals surface area (Å²) in [5, 5.41) is 8.29. The number of nitrogens with zero attached hydrogens (tertiary/aromatic N) is 3. The van der Waals surface area contributed by atoms with E-state index in [4.69, 9.17) is 5.73 Å². The van der Waals surface area contributed by atoms with Crippen LogP contribution in [0.25, 0.3) is 10.2 Å². The molecular weight excluding hydrogens is 346 g/mol. The molecule has 1 aliphatic heterocycles. The van der Waals surface area contributed by atoms with E-state index in [0.717, 1.165) is 47.3 Å². The number of anilines is 1. The predicted molar refractivity (Wildman–Crippen MR) is 103 cm³/mol. The molecule has 3 aromatic rings. The lowest BCUT2D eigenvalue weighted by atomic mass is 10.1. The molecule has 134 valence electrons. The van der Waals surface area contributed by atoms with Crippen molar-refractivity contribution in [3.8, 4) is 0 Å². The molecule has 1 fully saturated rings. The molecule has 6 nitrogen and oxygen atoms in total. The summed E-state index contributed by atoms with van der Waals surface area (Å²) >= 11 is 1.43. The van der Waals surface area contributed by atoms with E-state index in [2.05, 4.69) is 15.2 Å². The molecule has 1 aliphatic carbocycles. The fourth-order valence-corrected chi connectivity index (χ4v) is 4.78. The van der Waals surface area contributed by atoms with Crippen molar-refractivity contribution in [2.24, 2.45) is 0 Å². The summed E-state index contributed by atoms with van der Waals surface area (Å²) in [5.41, 5.74) is 12.3. The average molecular weight is 367 g/mol. The van der Waals surface area contributed by atoms with Crippen molar-refractivity contribution in [2.75, 3.05) is 18.8 Å². The molecule has 0 spiro atoms. The van der Waals surface area contributed by atoms with E-state index >= 15 is 0 Å². The van der Waals surface area contributed by atoms with Crippen LogP contribution in [0.3, 0.4) is 0 Å². The first kappa shape index (κ1) is 15.8. The molecule has 3 N–H and O–H groups in total. The molecule has 7 heteroatoms. The van der Waals surface area contributed by atoms with Crippen molar-refractivity contribution in [2.45, 2.75) is 38.5 Å². The molecule has 0 bridgehead atoms. The molecule has 1 saturated carbocycles. The van der Waals surface area contributed by atoms with Crippen molar-refractivity contribution in [3.63, 3.8) is 0 Å². The minimum Gasteiger partial charge on any atom is -0.375 e. The van der Waals surface area contributed by atoms with Gasteiger partial charge in [0.05, 0.1) is 15.9 Å². The minimum atomic E-state index is 0.0908. The number of nitrogens with two attached hydrogens (primary N) is 1. The van der Waals surface area contributed by atoms with Crippen molar-refractivity contribution in [3.05, 3.63) is 40.2 Å². The molecular formula is C19H21N5OS. The maximum Gasteiger partial charge on any atom is 0.253 e. The number of hydrogen-bond donors (Lipinski definition) is 2. The Morgan fingerprint density at radius 2 is 2.12 bits per heavy atom. The van der Waals surface area contributed by atoms with Gasteiger partial charge in [0.15, 0.2) is 5.13 Å². The number of nitrogen functional groups attached to an aromatic ring is 1. The van der Waals surface area contributed by atoms with E-state index in [1.165, 1.54) is 41.1 Å². The highest BCUT2D eigenvalue weighted by Crippen LogP contribution is 2.41. The van der Waals surface area contributed by atoms with Crippen molar-refractivity contribution in [1.29, 1.82) is 0 Å². The molecule has 1 aromatic carbocycles. The van der Waals surface area contributed by atoms with Gasteiger partial charge in [-0.2, -0.15) is 5.10 Å². The number of aromatic amines is 1. The lowest BCUT2D eigenvalue weighted by molar-refractivity contribution is 0.0763. The first-order valence-corrected chi connectivity index (χ1v) is 9.94. The van der Waals surface area contributed by atoms with Crippen LogP contribution in [0.1, 0.15) is 51.6 Å². The third-order valence-electron chi connectivity index (χ3n) is 5.45. The second kappa shape index (κ2) is 5.81. The highest BCUT2D eigenvalue weighted by atomic mass is 32.1. The van der Waals surface area contributed by atoms with Gasteiger partial charge >= 0.3 is 0 Å². The Bertz CT molecular complexity index is 1020. The average Bonchev–Trinajstić information content (AvgIpc) is 3.33. The number of rotatable bonds is 2. The van der Waals surface area contributed by atoms with Gasteiger partial charge in [-0.1, -0.05) is 11.3 Å². The smallest absolute Gasteiger partial charge is 0.253 e. The van der Waals surface area contributed by atoms with Gasteiger partial charge in [0.25, 0.3) is 5.91 Å². The largest absolute Gasteiger partial charge is 0.375 e. The Morgan fingerprint density at radius 1 is 1.31 bits per heavy atom. The van der Waals surface area contributed by atoms with Crippen LogP contribution in [0.5, 0.6) is 0 Å². The highest BCUT2D eigenvalue weighted by molar-refractivity contribution is 7.22. The topological polar surface area (TPSA) is 87.9 Å². The van der Waals surface area contributed by atoms with Crippen molar-refractivity contribution >= 4 is 32.6 Å². The summed E-state index contributed by atoms with van der Waals surface area (Å²) in [6, 6.07) is 3.87. The SMILES string of the molecule is Cc1cc(C(=O)N2CCc3[nH]nc(C4CC4)c3CC2)cc2sc(N)nc12. The lowest BCUT2D eigenvalue weighted by Gasteiger charge is -2.20. The number of aromatic nitrogens is 3. The second-order valence-electron chi connectivity index (χ2n) is 7.32. The number of carbonyl (C=O) groups is 1. The first-order chi connectivity index (χ1) is 12.6. The maximum absolute atomic E-state index is 13.1. The van der Waals surface area contributed by atoms with Crippen LogP contribution in [-0.2, 0) is 12.8 Å². The summed E-state index contributed by atoms with van der Waals surface area (Å²) in [5.74, 6) is 0.729. The standard InChI is InChI=1S/C19H21N5OS/c1-10-8-12(9-15-16(10)21-19(20)26-15)18(25)24-6-4-13-14(5-7-24)22-23-17(13)11-2-3-11/h8-9,11H,2-7H2,1H3,(H2,20,21)(H,22,23). The maximum atomic E-state index is 13.1. The second-order valence-corrected chi connectivity index (χ2v) is 8.39. The summed E-state index contributed by atoms with van der Waals surface area (Å²) in [4.78, 5) is 19.4. The summed E-state index contributed by atoms with van der Waals surface area (Å²) in [6.07, 6.45) is 4.22. The van der Waals surface area contributed by atoms with E-state index in [9.17, 15) is 4.79 Å². The van der Waals surface area contributed by atoms with Gasteiger partial charge in [0.2, 0.25) is 0 Å². The lowest BCUT2D eigenvalue weighted by Crippen LogP contribution is -2.33. The van der Waals surface area contributed by atoms with E-state index < -0.39 is 0 Å². The van der Waals surface area contributed by atoms with Crippen molar-refractivity contribution in [1.82, 2.24) is 20.1 Å². The summed E-state index contributed by atoms with van der Waals surface area (Å²) in [7, 11) is 0. The Morgan fingerprint density at radius 3 is 2.92 bits per heavy atom. The van der Waals surface area contributed by atoms with Crippen LogP contribution >= 0.6 is 11.3 Å². The molecule has 0 unspecified atom stereocenters. The molecule has 2 aliphatic rings. The molecule has 1 amide bonds. The molecule has 0 saturated heterocycles. The molecule has 0 atom stereocenters. The number of H-pyrrole nitrogens is 1. The Balaban J connectivity index is 1.41. The van der Waals surface area contributed by atoms with E-state index in [0.29, 0.717) is 11.0 Å². The molecule has 3 heterocycles. The third-order valence-corrected chi connectivity index (χ3v) is 6.28. The molecule has 26 heavy (non-hydrogen) atoms. The number of aryl methyl sites for hydroxylation is 1. The van der Waals surface area contributed by atoms with Crippen LogP contribution in [0.2, 0.25) is 0 Å². The number of nitrogens with one attached hydrogen (secondary N) is 1. The first-order valence-electron chi connectivity index (χ1n) is 9.12. The van der Waals surface area contributed by atoms with Crippen LogP contribution in [0, 0.1) is 6.92 Å². The number of benzene rings is 1. The number of thiazole rings is 1. The van der Waals surface area contributed by atoms with Gasteiger partial charge in [-0.05, 0) is 49.4 Å². The fourth-order valence-electron chi connectivity index (χ4n) is 3.93. The summed E-state index contributed by atoms with van der Waals surface area (Å²) < 4.78 is 0.978. The third kappa shape index (κ3) is 2.58. The van der Waals surface area contributed by atoms with Crippen molar-refractivity contribution < 1.29 is 4.79 Å². The number of hydrogen-bond acceptors (Lipinski definition) is 5. The Kier molecular flexibility index (Phi) is 3.53. The number of amides is 1. The monoisotopic (exact) mass is 367 g/mol. The zero-order valence-corrected chi connectivity index (χ0v) is 15.5. The Hall–Kier alpha value is -2.41. The quantitative estimate of drug-likeness (QED) is 0.729. The van der Waals surface area contributed by atoms with Gasteiger partial charge in [0, 0.05) is 36.7 Å². The van der Waals surface area contributed by atoms with Crippen LogP contribution in [0.4, 0.5) is 5.13 Å². The van der Waals surface area contributed by atoms with Gasteiger partial charge in [-0.25, -0.2) is 4.98 Å². The molecule has 2 aromatic heterocycles. The van der Waals surface area contributed by atoms with Crippen LogP contribution < -0.4 is 5.73 Å². The zero-order chi connectivity index (χ0) is 17.8. The van der Waals surface area contributed by atoms with Gasteiger partial charge in [-0.3, -0.25) is 9.89 Å². The van der Waals surface area contributed by atoms with Gasteiger partial charge in [0.1, 0.15) is 0 Å². The van der Waals surface area contributed by atoms with Crippen LogP contribution in [-0.4, -0.2) is 39.1 Å². The van der Waals surface area contributed by atoms with E-state index in [1.807, 2.05) is 24.0 Å². The minimum absolute atomic E-state index is 0.0908. The number of fused-ring (bicyclic) bond motifs is 2. The van der Waals surface area contributed by atoms with Gasteiger partial charge < -0.3 is 10.6 Å². The predicted octanol–water partition coefficient (Wildman–Crippen LogP) is 3.03. The highest BCUT2D eigenvalue weighted by Gasteiger charge is 2.31. The van der Waals surface area contributed by atoms with E-state index in [1.54, 1.807) is 0 Å². The molecule has 0 radical (unpaired) electrons.